The van der Waals surface area contributed by atoms with E-state index in [1.165, 1.54) is 18.5 Å². The van der Waals surface area contributed by atoms with Crippen molar-refractivity contribution >= 4 is 11.4 Å². The molecule has 0 unspecified atom stereocenters. The first-order valence-corrected chi connectivity index (χ1v) is 7.41. The van der Waals surface area contributed by atoms with Crippen molar-refractivity contribution in [2.45, 2.75) is 18.9 Å². The van der Waals surface area contributed by atoms with Gasteiger partial charge < -0.3 is 9.64 Å². The van der Waals surface area contributed by atoms with Gasteiger partial charge in [-0.2, -0.15) is 0 Å². The second-order valence-electron chi connectivity index (χ2n) is 5.49. The van der Waals surface area contributed by atoms with E-state index in [1.54, 1.807) is 0 Å². The van der Waals surface area contributed by atoms with Gasteiger partial charge in [0.1, 0.15) is 0 Å². The van der Waals surface area contributed by atoms with E-state index in [-0.39, 0.29) is 0 Å². The van der Waals surface area contributed by atoms with Gasteiger partial charge in [0.15, 0.2) is 5.69 Å². The van der Waals surface area contributed by atoms with Crippen molar-refractivity contribution in [1.29, 1.82) is 0 Å². The maximum Gasteiger partial charge on any atom is 0.187 e. The van der Waals surface area contributed by atoms with Crippen LogP contribution in [-0.2, 0) is 4.74 Å². The van der Waals surface area contributed by atoms with Crippen molar-refractivity contribution in [3.05, 3.63) is 35.7 Å². The van der Waals surface area contributed by atoms with E-state index in [4.69, 9.17) is 11.3 Å². The van der Waals surface area contributed by atoms with Crippen LogP contribution in [0, 0.1) is 6.57 Å². The third-order valence-electron chi connectivity index (χ3n) is 4.37. The number of morpholine rings is 1. The molecule has 4 nitrogen and oxygen atoms in total. The van der Waals surface area contributed by atoms with Crippen LogP contribution in [-0.4, -0.2) is 50.3 Å². The Labute approximate surface area is 120 Å². The molecule has 0 aliphatic carbocycles. The first-order chi connectivity index (χ1) is 9.86. The van der Waals surface area contributed by atoms with Crippen LogP contribution in [0.4, 0.5) is 11.4 Å². The van der Waals surface area contributed by atoms with E-state index >= 15 is 0 Å². The topological polar surface area (TPSA) is 20.1 Å². The van der Waals surface area contributed by atoms with Gasteiger partial charge in [0.2, 0.25) is 0 Å². The average molecular weight is 271 g/mol. The molecule has 2 saturated heterocycles. The number of rotatable bonds is 2. The largest absolute Gasteiger partial charge is 0.379 e. The summed E-state index contributed by atoms with van der Waals surface area (Å²) in [5.41, 5.74) is 1.97. The Morgan fingerprint density at radius 2 is 1.65 bits per heavy atom. The Kier molecular flexibility index (Phi) is 4.19. The highest BCUT2D eigenvalue weighted by atomic mass is 16.5. The van der Waals surface area contributed by atoms with E-state index in [1.807, 2.05) is 12.1 Å². The molecule has 2 aliphatic heterocycles. The van der Waals surface area contributed by atoms with E-state index in [9.17, 15) is 0 Å². The summed E-state index contributed by atoms with van der Waals surface area (Å²) in [7, 11) is 0. The van der Waals surface area contributed by atoms with E-state index in [0.717, 1.165) is 51.1 Å². The lowest BCUT2D eigenvalue weighted by Gasteiger charge is -2.40. The molecule has 2 heterocycles. The summed E-state index contributed by atoms with van der Waals surface area (Å²) in [6.07, 6.45) is 2.45. The number of ether oxygens (including phenoxy) is 1. The van der Waals surface area contributed by atoms with Gasteiger partial charge in [0, 0.05) is 37.9 Å². The predicted octanol–water partition coefficient (Wildman–Crippen LogP) is 2.54. The van der Waals surface area contributed by atoms with Crippen molar-refractivity contribution in [3.8, 4) is 0 Å². The highest BCUT2D eigenvalue weighted by molar-refractivity contribution is 5.55. The SMILES string of the molecule is [C-]#[N+]c1ccc(N2CCC(N3CCOCC3)CC2)cc1. The summed E-state index contributed by atoms with van der Waals surface area (Å²) >= 11 is 0. The summed E-state index contributed by atoms with van der Waals surface area (Å²) in [5, 5.41) is 0. The maximum absolute atomic E-state index is 6.99. The Hall–Kier alpha value is -1.57. The number of piperidine rings is 1. The number of hydrogen-bond donors (Lipinski definition) is 0. The van der Waals surface area contributed by atoms with Gasteiger partial charge >= 0.3 is 0 Å². The molecule has 2 aliphatic rings. The minimum absolute atomic E-state index is 0.719. The van der Waals surface area contributed by atoms with Gasteiger partial charge in [-0.25, -0.2) is 4.85 Å². The van der Waals surface area contributed by atoms with E-state index < -0.39 is 0 Å². The van der Waals surface area contributed by atoms with Crippen LogP contribution in [0.3, 0.4) is 0 Å². The van der Waals surface area contributed by atoms with Crippen molar-refractivity contribution in [2.75, 3.05) is 44.3 Å². The zero-order valence-electron chi connectivity index (χ0n) is 11.8. The zero-order valence-corrected chi connectivity index (χ0v) is 11.8. The molecule has 0 radical (unpaired) electrons. The molecule has 3 rings (SSSR count). The minimum atomic E-state index is 0.719. The van der Waals surface area contributed by atoms with Gasteiger partial charge in [-0.3, -0.25) is 4.90 Å². The van der Waals surface area contributed by atoms with E-state index in [2.05, 4.69) is 26.8 Å². The van der Waals surface area contributed by atoms with Gasteiger partial charge in [0.05, 0.1) is 19.8 Å². The van der Waals surface area contributed by atoms with Crippen LogP contribution < -0.4 is 4.90 Å². The normalized spacial score (nSPS) is 21.6. The van der Waals surface area contributed by atoms with Crippen molar-refractivity contribution in [1.82, 2.24) is 4.90 Å². The van der Waals surface area contributed by atoms with Crippen LogP contribution >= 0.6 is 0 Å². The van der Waals surface area contributed by atoms with Gasteiger partial charge in [-0.15, -0.1) is 0 Å². The van der Waals surface area contributed by atoms with E-state index in [0.29, 0.717) is 0 Å². The highest BCUT2D eigenvalue weighted by Crippen LogP contribution is 2.25. The molecular weight excluding hydrogens is 250 g/mol. The first-order valence-electron chi connectivity index (χ1n) is 7.41. The molecule has 2 fully saturated rings. The first kappa shape index (κ1) is 13.4. The fourth-order valence-corrected chi connectivity index (χ4v) is 3.17. The number of hydrogen-bond acceptors (Lipinski definition) is 3. The molecular formula is C16H21N3O. The number of anilines is 1. The Bertz CT molecular complexity index is 465. The molecule has 4 heteroatoms. The molecule has 0 saturated carbocycles. The van der Waals surface area contributed by atoms with Crippen molar-refractivity contribution in [3.63, 3.8) is 0 Å². The lowest BCUT2D eigenvalue weighted by molar-refractivity contribution is 0.0115. The van der Waals surface area contributed by atoms with Crippen molar-refractivity contribution in [2.24, 2.45) is 0 Å². The van der Waals surface area contributed by atoms with Gasteiger partial charge in [-0.1, -0.05) is 12.1 Å². The predicted molar refractivity (Wildman–Crippen MR) is 80.3 cm³/mol. The molecule has 0 bridgehead atoms. The molecule has 106 valence electrons. The fraction of sp³-hybridized carbons (Fsp3) is 0.562. The Morgan fingerprint density at radius 1 is 1.00 bits per heavy atom. The number of nitrogens with zero attached hydrogens (tertiary/aromatic N) is 3. The summed E-state index contributed by atoms with van der Waals surface area (Å²) < 4.78 is 5.43. The lowest BCUT2D eigenvalue weighted by Crippen LogP contribution is -2.49. The van der Waals surface area contributed by atoms with Gasteiger partial charge in [-0.05, 0) is 25.0 Å². The zero-order chi connectivity index (χ0) is 13.8. The minimum Gasteiger partial charge on any atom is -0.379 e. The Morgan fingerprint density at radius 3 is 2.25 bits per heavy atom. The highest BCUT2D eigenvalue weighted by Gasteiger charge is 2.25. The molecule has 1 aromatic rings. The summed E-state index contributed by atoms with van der Waals surface area (Å²) in [6.45, 7) is 13.2. The van der Waals surface area contributed by atoms with Crippen LogP contribution in [0.2, 0.25) is 0 Å². The quantitative estimate of drug-likeness (QED) is 0.771. The third-order valence-corrected chi connectivity index (χ3v) is 4.37. The van der Waals surface area contributed by atoms with Crippen LogP contribution in [0.1, 0.15) is 12.8 Å². The van der Waals surface area contributed by atoms with Crippen LogP contribution in [0.25, 0.3) is 4.85 Å². The Balaban J connectivity index is 1.56. The fourth-order valence-electron chi connectivity index (χ4n) is 3.17. The third kappa shape index (κ3) is 2.95. The average Bonchev–Trinajstić information content (AvgIpc) is 2.56. The second kappa shape index (κ2) is 6.25. The van der Waals surface area contributed by atoms with Crippen LogP contribution in [0.5, 0.6) is 0 Å². The maximum atomic E-state index is 6.99. The molecule has 0 aromatic heterocycles. The molecule has 0 amide bonds. The van der Waals surface area contributed by atoms with Gasteiger partial charge in [0.25, 0.3) is 0 Å². The standard InChI is InChI=1S/C16H21N3O/c1-17-14-2-4-15(5-3-14)18-8-6-16(7-9-18)19-10-12-20-13-11-19/h2-5,16H,6-13H2. The molecule has 20 heavy (non-hydrogen) atoms. The number of benzene rings is 1. The summed E-state index contributed by atoms with van der Waals surface area (Å²) in [4.78, 5) is 8.46. The van der Waals surface area contributed by atoms with Crippen LogP contribution in [0.15, 0.2) is 24.3 Å². The second-order valence-corrected chi connectivity index (χ2v) is 5.49. The smallest absolute Gasteiger partial charge is 0.187 e. The molecule has 0 N–H and O–H groups in total. The monoisotopic (exact) mass is 271 g/mol. The molecule has 0 atom stereocenters. The molecule has 0 spiro atoms. The van der Waals surface area contributed by atoms with Crippen molar-refractivity contribution < 1.29 is 4.74 Å². The lowest BCUT2D eigenvalue weighted by atomic mass is 10.0. The summed E-state index contributed by atoms with van der Waals surface area (Å²) in [6, 6.07) is 8.69. The molecule has 1 aromatic carbocycles. The summed E-state index contributed by atoms with van der Waals surface area (Å²) in [5.74, 6) is 0.